The predicted molar refractivity (Wildman–Crippen MR) is 122 cm³/mol. The Balaban J connectivity index is 0.00000338. The van der Waals surface area contributed by atoms with Gasteiger partial charge in [0.2, 0.25) is 0 Å². The molecule has 0 bridgehead atoms. The number of aliphatic imine (C=N–C) groups is 1. The van der Waals surface area contributed by atoms with Crippen LogP contribution in [0, 0.1) is 6.92 Å². The summed E-state index contributed by atoms with van der Waals surface area (Å²) >= 11 is 0. The monoisotopic (exact) mass is 466 g/mol. The molecule has 1 aromatic heterocycles. The molecular weight excluding hydrogens is 435 g/mol. The molecule has 26 heavy (non-hydrogen) atoms. The van der Waals surface area contributed by atoms with E-state index in [-0.39, 0.29) is 29.4 Å². The largest absolute Gasteiger partial charge is 0.357 e. The van der Waals surface area contributed by atoms with E-state index in [0.29, 0.717) is 0 Å². The van der Waals surface area contributed by atoms with E-state index < -0.39 is 0 Å². The van der Waals surface area contributed by atoms with Gasteiger partial charge in [-0.15, -0.1) is 24.0 Å². The van der Waals surface area contributed by atoms with Gasteiger partial charge in [0, 0.05) is 30.4 Å². The summed E-state index contributed by atoms with van der Waals surface area (Å²) in [5, 5.41) is 6.74. The van der Waals surface area contributed by atoms with Gasteiger partial charge in [-0.1, -0.05) is 50.2 Å². The Kier molecular flexibility index (Phi) is 9.62. The van der Waals surface area contributed by atoms with Gasteiger partial charge in [0.15, 0.2) is 5.96 Å². The molecular formula is C21H31IN4. The van der Waals surface area contributed by atoms with Crippen molar-refractivity contribution in [3.63, 3.8) is 0 Å². The first kappa shape index (κ1) is 22.4. The number of hydrogen-bond donors (Lipinski definition) is 2. The van der Waals surface area contributed by atoms with Crippen molar-refractivity contribution in [1.82, 2.24) is 15.6 Å². The third-order valence-corrected chi connectivity index (χ3v) is 4.21. The molecule has 1 aromatic carbocycles. The standard InChI is InChI=1S/C21H30N4.HI/c1-5-22-20(23-14-13-18-12-11-17(2)24-15-18)25-16-21(3,4)19-9-7-6-8-10-19;/h6-12,15H,5,13-14,16H2,1-4H3,(H2,22,23,25);1H. The number of pyridine rings is 1. The number of halogens is 1. The zero-order valence-corrected chi connectivity index (χ0v) is 18.6. The summed E-state index contributed by atoms with van der Waals surface area (Å²) in [6.45, 7) is 11.0. The number of aromatic nitrogens is 1. The highest BCUT2D eigenvalue weighted by molar-refractivity contribution is 14.0. The Morgan fingerprint density at radius 3 is 2.42 bits per heavy atom. The SMILES string of the molecule is CCNC(=NCC(C)(C)c1ccccc1)NCCc1ccc(C)nc1.I. The summed E-state index contributed by atoms with van der Waals surface area (Å²) in [6.07, 6.45) is 2.87. The number of guanidine groups is 1. The molecule has 2 N–H and O–H groups in total. The van der Waals surface area contributed by atoms with Gasteiger partial charge in [0.1, 0.15) is 0 Å². The van der Waals surface area contributed by atoms with Crippen LogP contribution in [-0.2, 0) is 11.8 Å². The third-order valence-electron chi connectivity index (χ3n) is 4.21. The highest BCUT2D eigenvalue weighted by atomic mass is 127. The molecule has 0 amide bonds. The lowest BCUT2D eigenvalue weighted by Gasteiger charge is -2.24. The first-order chi connectivity index (χ1) is 12.0. The van der Waals surface area contributed by atoms with Crippen LogP contribution in [0.2, 0.25) is 0 Å². The van der Waals surface area contributed by atoms with Crippen molar-refractivity contribution in [1.29, 1.82) is 0 Å². The molecule has 0 saturated heterocycles. The fraction of sp³-hybridized carbons (Fsp3) is 0.429. The number of nitrogens with zero attached hydrogens (tertiary/aromatic N) is 2. The van der Waals surface area contributed by atoms with E-state index in [1.165, 1.54) is 11.1 Å². The maximum atomic E-state index is 4.79. The lowest BCUT2D eigenvalue weighted by molar-refractivity contribution is 0.537. The van der Waals surface area contributed by atoms with E-state index in [4.69, 9.17) is 4.99 Å². The lowest BCUT2D eigenvalue weighted by atomic mass is 9.85. The summed E-state index contributed by atoms with van der Waals surface area (Å²) in [5.74, 6) is 0.867. The molecule has 4 nitrogen and oxygen atoms in total. The zero-order chi connectivity index (χ0) is 18.1. The summed E-state index contributed by atoms with van der Waals surface area (Å²) in [5.41, 5.74) is 3.60. The van der Waals surface area contributed by atoms with Gasteiger partial charge in [0.05, 0.1) is 6.54 Å². The molecule has 0 aliphatic rings. The minimum atomic E-state index is 0. The number of benzene rings is 1. The normalized spacial score (nSPS) is 11.6. The van der Waals surface area contributed by atoms with E-state index in [2.05, 4.69) is 78.9 Å². The fourth-order valence-electron chi connectivity index (χ4n) is 2.57. The van der Waals surface area contributed by atoms with Crippen LogP contribution in [0.1, 0.15) is 37.6 Å². The Bertz CT molecular complexity index is 666. The number of nitrogens with one attached hydrogen (secondary N) is 2. The minimum absolute atomic E-state index is 0. The maximum absolute atomic E-state index is 4.79. The van der Waals surface area contributed by atoms with E-state index in [1.807, 2.05) is 13.1 Å². The quantitative estimate of drug-likeness (QED) is 0.367. The summed E-state index contributed by atoms with van der Waals surface area (Å²) in [7, 11) is 0. The molecule has 0 saturated carbocycles. The molecule has 2 aromatic rings. The van der Waals surface area contributed by atoms with Gasteiger partial charge < -0.3 is 10.6 Å². The van der Waals surface area contributed by atoms with Crippen molar-refractivity contribution in [2.24, 2.45) is 4.99 Å². The minimum Gasteiger partial charge on any atom is -0.357 e. The van der Waals surface area contributed by atoms with Gasteiger partial charge in [-0.3, -0.25) is 9.98 Å². The molecule has 0 fully saturated rings. The highest BCUT2D eigenvalue weighted by Crippen LogP contribution is 2.22. The van der Waals surface area contributed by atoms with E-state index in [0.717, 1.165) is 37.7 Å². The second-order valence-corrected chi connectivity index (χ2v) is 6.93. The van der Waals surface area contributed by atoms with Gasteiger partial charge in [-0.2, -0.15) is 0 Å². The van der Waals surface area contributed by atoms with Crippen molar-refractivity contribution in [3.8, 4) is 0 Å². The second-order valence-electron chi connectivity index (χ2n) is 6.93. The number of aryl methyl sites for hydroxylation is 1. The van der Waals surface area contributed by atoms with Crippen LogP contribution in [0.15, 0.2) is 53.7 Å². The molecule has 2 rings (SSSR count). The van der Waals surface area contributed by atoms with Crippen molar-refractivity contribution >= 4 is 29.9 Å². The van der Waals surface area contributed by atoms with Crippen molar-refractivity contribution in [2.45, 2.75) is 39.5 Å². The number of rotatable bonds is 7. The average molecular weight is 466 g/mol. The fourth-order valence-corrected chi connectivity index (χ4v) is 2.57. The van der Waals surface area contributed by atoms with Crippen LogP contribution in [0.3, 0.4) is 0 Å². The van der Waals surface area contributed by atoms with Gasteiger partial charge >= 0.3 is 0 Å². The van der Waals surface area contributed by atoms with Crippen LogP contribution in [-0.4, -0.2) is 30.6 Å². The van der Waals surface area contributed by atoms with Crippen LogP contribution in [0.5, 0.6) is 0 Å². The van der Waals surface area contributed by atoms with E-state index >= 15 is 0 Å². The molecule has 5 heteroatoms. The first-order valence-corrected chi connectivity index (χ1v) is 9.00. The van der Waals surface area contributed by atoms with Crippen LogP contribution in [0.4, 0.5) is 0 Å². The predicted octanol–water partition coefficient (Wildman–Crippen LogP) is 4.08. The van der Waals surface area contributed by atoms with Crippen molar-refractivity contribution < 1.29 is 0 Å². The Morgan fingerprint density at radius 1 is 1.08 bits per heavy atom. The Morgan fingerprint density at radius 2 is 1.81 bits per heavy atom. The lowest BCUT2D eigenvalue weighted by Crippen LogP contribution is -2.39. The van der Waals surface area contributed by atoms with Crippen molar-refractivity contribution in [2.75, 3.05) is 19.6 Å². The van der Waals surface area contributed by atoms with E-state index in [1.54, 1.807) is 0 Å². The smallest absolute Gasteiger partial charge is 0.191 e. The van der Waals surface area contributed by atoms with Gasteiger partial charge in [0.25, 0.3) is 0 Å². The molecule has 1 heterocycles. The highest BCUT2D eigenvalue weighted by Gasteiger charge is 2.19. The summed E-state index contributed by atoms with van der Waals surface area (Å²) in [6, 6.07) is 14.7. The molecule has 0 aliphatic heterocycles. The van der Waals surface area contributed by atoms with Gasteiger partial charge in [-0.25, -0.2) is 0 Å². The summed E-state index contributed by atoms with van der Waals surface area (Å²) < 4.78 is 0. The van der Waals surface area contributed by atoms with Crippen LogP contribution >= 0.6 is 24.0 Å². The second kappa shape index (κ2) is 11.2. The molecule has 0 unspecified atom stereocenters. The molecule has 0 radical (unpaired) electrons. The van der Waals surface area contributed by atoms with Gasteiger partial charge in [-0.05, 0) is 37.5 Å². The molecule has 0 aliphatic carbocycles. The van der Waals surface area contributed by atoms with Crippen LogP contribution < -0.4 is 10.6 Å². The number of hydrogen-bond acceptors (Lipinski definition) is 2. The zero-order valence-electron chi connectivity index (χ0n) is 16.2. The maximum Gasteiger partial charge on any atom is 0.191 e. The van der Waals surface area contributed by atoms with E-state index in [9.17, 15) is 0 Å². The molecule has 142 valence electrons. The Hall–Kier alpha value is -1.63. The topological polar surface area (TPSA) is 49.3 Å². The third kappa shape index (κ3) is 7.32. The molecule has 0 atom stereocenters. The van der Waals surface area contributed by atoms with Crippen LogP contribution in [0.25, 0.3) is 0 Å². The first-order valence-electron chi connectivity index (χ1n) is 9.00. The Labute approximate surface area is 174 Å². The van der Waals surface area contributed by atoms with Crippen molar-refractivity contribution in [3.05, 3.63) is 65.5 Å². The summed E-state index contributed by atoms with van der Waals surface area (Å²) in [4.78, 5) is 9.13. The molecule has 0 spiro atoms. The average Bonchev–Trinajstić information content (AvgIpc) is 2.62.